The van der Waals surface area contributed by atoms with Gasteiger partial charge in [-0.05, 0) is 20.8 Å². The van der Waals surface area contributed by atoms with E-state index in [1.807, 2.05) is 0 Å². The lowest BCUT2D eigenvalue weighted by molar-refractivity contribution is -0.159. The topological polar surface area (TPSA) is 69.7 Å². The third-order valence-corrected chi connectivity index (χ3v) is 1.81. The normalized spacial score (nSPS) is 13.9. The van der Waals surface area contributed by atoms with Gasteiger partial charge in [0.25, 0.3) is 0 Å². The van der Waals surface area contributed by atoms with Gasteiger partial charge in [-0.15, -0.1) is 0 Å². The van der Waals surface area contributed by atoms with Crippen molar-refractivity contribution in [3.05, 3.63) is 0 Å². The van der Waals surface area contributed by atoms with Crippen LogP contribution in [0, 0.1) is 5.92 Å². The van der Waals surface area contributed by atoms with E-state index in [-0.39, 0.29) is 6.61 Å². The lowest BCUT2D eigenvalue weighted by Gasteiger charge is -2.14. The molecule has 0 aliphatic carbocycles. The minimum Gasteiger partial charge on any atom is -0.465 e. The molecule has 86 valence electrons. The highest BCUT2D eigenvalue weighted by Crippen LogP contribution is 2.06. The van der Waals surface area contributed by atoms with Crippen LogP contribution in [0.1, 0.15) is 27.7 Å². The molecule has 0 aromatic heterocycles. The van der Waals surface area contributed by atoms with Crippen molar-refractivity contribution in [3.8, 4) is 0 Å². The van der Waals surface area contributed by atoms with Crippen molar-refractivity contribution in [3.63, 3.8) is 0 Å². The third kappa shape index (κ3) is 4.58. The van der Waals surface area contributed by atoms with Gasteiger partial charge < -0.3 is 9.47 Å². The minimum atomic E-state index is -0.915. The summed E-state index contributed by atoms with van der Waals surface area (Å²) in [5.41, 5.74) is 0. The highest BCUT2D eigenvalue weighted by atomic mass is 16.5. The zero-order valence-corrected chi connectivity index (χ0v) is 9.40. The van der Waals surface area contributed by atoms with Crippen molar-refractivity contribution in [2.24, 2.45) is 5.92 Å². The zero-order chi connectivity index (χ0) is 12.0. The number of ether oxygens (including phenoxy) is 2. The third-order valence-electron chi connectivity index (χ3n) is 1.81. The highest BCUT2D eigenvalue weighted by molar-refractivity contribution is 6.01. The first-order chi connectivity index (χ1) is 6.90. The molecule has 0 N–H and O–H groups in total. The Hall–Kier alpha value is -1.39. The summed E-state index contributed by atoms with van der Waals surface area (Å²) in [7, 11) is 0. The minimum absolute atomic E-state index is 0.221. The molecule has 5 nitrogen and oxygen atoms in total. The average Bonchev–Trinajstić information content (AvgIpc) is 2.14. The van der Waals surface area contributed by atoms with Gasteiger partial charge in [0.1, 0.15) is 5.92 Å². The lowest BCUT2D eigenvalue weighted by Crippen LogP contribution is -2.33. The van der Waals surface area contributed by atoms with Crippen LogP contribution in [-0.4, -0.2) is 30.4 Å². The van der Waals surface area contributed by atoms with Gasteiger partial charge in [0.2, 0.25) is 0 Å². The number of hydrogen-bond acceptors (Lipinski definition) is 5. The van der Waals surface area contributed by atoms with Crippen LogP contribution in [0.4, 0.5) is 0 Å². The molecule has 0 aromatic carbocycles. The number of ketones is 1. The van der Waals surface area contributed by atoms with Gasteiger partial charge in [-0.1, -0.05) is 0 Å². The Balaban J connectivity index is 4.30. The maximum Gasteiger partial charge on any atom is 0.316 e. The molecule has 2 atom stereocenters. The van der Waals surface area contributed by atoms with E-state index in [4.69, 9.17) is 0 Å². The Morgan fingerprint density at radius 1 is 1.20 bits per heavy atom. The van der Waals surface area contributed by atoms with E-state index in [0.717, 1.165) is 0 Å². The molecule has 0 bridgehead atoms. The van der Waals surface area contributed by atoms with Gasteiger partial charge in [-0.2, -0.15) is 0 Å². The summed E-state index contributed by atoms with van der Waals surface area (Å²) in [5.74, 6) is -2.50. The Morgan fingerprint density at radius 3 is 2.13 bits per heavy atom. The largest absolute Gasteiger partial charge is 0.465 e. The summed E-state index contributed by atoms with van der Waals surface area (Å²) in [6, 6.07) is 0. The summed E-state index contributed by atoms with van der Waals surface area (Å²) in [6.45, 7) is 5.95. The van der Waals surface area contributed by atoms with E-state index < -0.39 is 29.7 Å². The lowest BCUT2D eigenvalue weighted by atomic mass is 10.0. The summed E-state index contributed by atoms with van der Waals surface area (Å²) < 4.78 is 9.34. The van der Waals surface area contributed by atoms with E-state index in [9.17, 15) is 14.4 Å². The van der Waals surface area contributed by atoms with E-state index in [0.29, 0.717) is 0 Å². The van der Waals surface area contributed by atoms with Crippen molar-refractivity contribution < 1.29 is 23.9 Å². The molecule has 0 amide bonds. The fraction of sp³-hybridized carbons (Fsp3) is 0.700. The van der Waals surface area contributed by atoms with Crippen molar-refractivity contribution in [2.45, 2.75) is 33.8 Å². The molecule has 0 rings (SSSR count). The molecule has 0 spiro atoms. The number of esters is 2. The first-order valence-electron chi connectivity index (χ1n) is 4.77. The molecule has 0 saturated heterocycles. The number of Topliss-reactive ketones (excluding diaryl/α,β-unsaturated/α-hetero) is 1. The Morgan fingerprint density at radius 2 is 1.73 bits per heavy atom. The highest BCUT2D eigenvalue weighted by Gasteiger charge is 2.28. The number of rotatable bonds is 5. The second kappa shape index (κ2) is 6.16. The summed E-state index contributed by atoms with van der Waals surface area (Å²) in [5, 5.41) is 0. The van der Waals surface area contributed by atoms with Crippen LogP contribution < -0.4 is 0 Å². The quantitative estimate of drug-likeness (QED) is 0.500. The Kier molecular flexibility index (Phi) is 5.59. The SMILES string of the molecule is CCOC(=O)C(C)C(=O)[C@H](C)OC(C)=O. The smallest absolute Gasteiger partial charge is 0.316 e. The maximum atomic E-state index is 11.5. The van der Waals surface area contributed by atoms with Gasteiger partial charge in [0.15, 0.2) is 11.9 Å². The van der Waals surface area contributed by atoms with Crippen LogP contribution >= 0.6 is 0 Å². The van der Waals surface area contributed by atoms with Crippen molar-refractivity contribution in [1.82, 2.24) is 0 Å². The molecule has 5 heteroatoms. The van der Waals surface area contributed by atoms with Crippen LogP contribution in [-0.2, 0) is 23.9 Å². The van der Waals surface area contributed by atoms with Crippen LogP contribution in [0.5, 0.6) is 0 Å². The number of carbonyl (C=O) groups excluding carboxylic acids is 3. The molecular formula is C10H16O5. The van der Waals surface area contributed by atoms with Gasteiger partial charge in [0, 0.05) is 6.92 Å². The molecule has 0 radical (unpaired) electrons. The number of carbonyl (C=O) groups is 3. The summed E-state index contributed by atoms with van der Waals surface area (Å²) >= 11 is 0. The van der Waals surface area contributed by atoms with Crippen LogP contribution in [0.3, 0.4) is 0 Å². The van der Waals surface area contributed by atoms with Crippen LogP contribution in [0.15, 0.2) is 0 Å². The van der Waals surface area contributed by atoms with Crippen LogP contribution in [0.25, 0.3) is 0 Å². The molecule has 0 fully saturated rings. The molecule has 0 aliphatic heterocycles. The van der Waals surface area contributed by atoms with E-state index in [2.05, 4.69) is 9.47 Å². The molecule has 15 heavy (non-hydrogen) atoms. The van der Waals surface area contributed by atoms with Gasteiger partial charge in [-0.3, -0.25) is 14.4 Å². The number of hydrogen-bond donors (Lipinski definition) is 0. The predicted octanol–water partition coefficient (Wildman–Crippen LogP) is 0.706. The molecule has 0 heterocycles. The predicted molar refractivity (Wildman–Crippen MR) is 52.0 cm³/mol. The average molecular weight is 216 g/mol. The van der Waals surface area contributed by atoms with Crippen molar-refractivity contribution >= 4 is 17.7 Å². The van der Waals surface area contributed by atoms with Gasteiger partial charge in [-0.25, -0.2) is 0 Å². The molecule has 1 unspecified atom stereocenters. The van der Waals surface area contributed by atoms with Gasteiger partial charge in [0.05, 0.1) is 6.61 Å². The Bertz CT molecular complexity index is 259. The Labute approximate surface area is 88.7 Å². The van der Waals surface area contributed by atoms with Crippen molar-refractivity contribution in [1.29, 1.82) is 0 Å². The maximum absolute atomic E-state index is 11.5. The van der Waals surface area contributed by atoms with E-state index >= 15 is 0 Å². The fourth-order valence-corrected chi connectivity index (χ4v) is 1.04. The molecule has 0 aliphatic rings. The van der Waals surface area contributed by atoms with Crippen molar-refractivity contribution in [2.75, 3.05) is 6.61 Å². The fourth-order valence-electron chi connectivity index (χ4n) is 1.04. The first-order valence-corrected chi connectivity index (χ1v) is 4.77. The van der Waals surface area contributed by atoms with Gasteiger partial charge >= 0.3 is 11.9 Å². The molecule has 0 aromatic rings. The second-order valence-electron chi connectivity index (χ2n) is 3.13. The molecule has 0 saturated carbocycles. The van der Waals surface area contributed by atoms with E-state index in [1.165, 1.54) is 20.8 Å². The first kappa shape index (κ1) is 13.6. The summed E-state index contributed by atoms with van der Waals surface area (Å²) in [4.78, 5) is 33.3. The standard InChI is InChI=1S/C10H16O5/c1-5-14-10(13)6(2)9(12)7(3)15-8(4)11/h6-7H,5H2,1-4H3/t6?,7-/m0/s1. The summed E-state index contributed by atoms with van der Waals surface area (Å²) in [6.07, 6.45) is -0.915. The van der Waals surface area contributed by atoms with E-state index in [1.54, 1.807) is 6.92 Å². The zero-order valence-electron chi connectivity index (χ0n) is 9.40. The molecular weight excluding hydrogens is 200 g/mol. The second-order valence-corrected chi connectivity index (χ2v) is 3.13. The monoisotopic (exact) mass is 216 g/mol. The van der Waals surface area contributed by atoms with Crippen LogP contribution in [0.2, 0.25) is 0 Å².